The monoisotopic (exact) mass is 288 g/mol. The van der Waals surface area contributed by atoms with E-state index in [0.717, 1.165) is 11.3 Å². The fourth-order valence-electron chi connectivity index (χ4n) is 2.71. The van der Waals surface area contributed by atoms with Crippen molar-refractivity contribution in [1.29, 1.82) is 0 Å². The molecule has 0 saturated heterocycles. The van der Waals surface area contributed by atoms with Crippen LogP contribution in [0.1, 0.15) is 31.4 Å². The highest BCUT2D eigenvalue weighted by Gasteiger charge is 2.49. The van der Waals surface area contributed by atoms with Gasteiger partial charge in [0.25, 0.3) is 0 Å². The molecule has 0 heterocycles. The Hall–Kier alpha value is -1.84. The van der Waals surface area contributed by atoms with Crippen LogP contribution in [-0.4, -0.2) is 29.8 Å². The number of rotatable bonds is 5. The maximum Gasteiger partial charge on any atom is 0.228 e. The third-order valence-electron chi connectivity index (χ3n) is 4.16. The van der Waals surface area contributed by atoms with Gasteiger partial charge in [0, 0.05) is 18.8 Å². The Morgan fingerprint density at radius 2 is 1.86 bits per heavy atom. The molecule has 2 atom stereocenters. The van der Waals surface area contributed by atoms with Gasteiger partial charge in [-0.3, -0.25) is 9.59 Å². The normalized spacial score (nSPS) is 20.0. The molecule has 2 unspecified atom stereocenters. The van der Waals surface area contributed by atoms with Gasteiger partial charge in [0.2, 0.25) is 11.8 Å². The molecule has 0 spiro atoms. The molecule has 1 aromatic carbocycles. The summed E-state index contributed by atoms with van der Waals surface area (Å²) in [5.74, 6) is -0.220. The maximum absolute atomic E-state index is 12.2. The van der Waals surface area contributed by atoms with Crippen molar-refractivity contribution in [3.8, 4) is 0 Å². The lowest BCUT2D eigenvalue weighted by atomic mass is 10.1. The van der Waals surface area contributed by atoms with Crippen LogP contribution in [0.25, 0.3) is 0 Å². The van der Waals surface area contributed by atoms with E-state index in [-0.39, 0.29) is 23.7 Å². The van der Waals surface area contributed by atoms with E-state index in [4.69, 9.17) is 0 Å². The molecule has 0 bridgehead atoms. The quantitative estimate of drug-likeness (QED) is 0.905. The van der Waals surface area contributed by atoms with Gasteiger partial charge in [0.05, 0.1) is 11.8 Å². The van der Waals surface area contributed by atoms with E-state index in [0.29, 0.717) is 19.5 Å². The summed E-state index contributed by atoms with van der Waals surface area (Å²) in [6, 6.07) is 5.95. The average Bonchev–Trinajstić information content (AvgIpc) is 3.23. The summed E-state index contributed by atoms with van der Waals surface area (Å²) in [7, 11) is 0. The van der Waals surface area contributed by atoms with Crippen molar-refractivity contribution in [2.24, 2.45) is 11.8 Å². The zero-order valence-electron chi connectivity index (χ0n) is 13.3. The molecular formula is C17H24N2O2. The van der Waals surface area contributed by atoms with E-state index in [1.165, 1.54) is 5.56 Å². The number of nitrogens with one attached hydrogen (secondary N) is 1. The molecule has 0 aromatic heterocycles. The Morgan fingerprint density at radius 3 is 2.43 bits per heavy atom. The number of nitrogens with zero attached hydrogens (tertiary/aromatic N) is 1. The molecule has 4 heteroatoms. The lowest BCUT2D eigenvalue weighted by Crippen LogP contribution is -2.33. The molecule has 1 fully saturated rings. The first-order chi connectivity index (χ1) is 9.97. The fourth-order valence-corrected chi connectivity index (χ4v) is 2.71. The van der Waals surface area contributed by atoms with Gasteiger partial charge < -0.3 is 10.2 Å². The van der Waals surface area contributed by atoms with Gasteiger partial charge in [-0.05, 0) is 45.7 Å². The van der Waals surface area contributed by atoms with Crippen LogP contribution >= 0.6 is 0 Å². The second kappa shape index (κ2) is 6.29. The minimum Gasteiger partial charge on any atom is -0.343 e. The standard InChI is InChI=1S/C17H24N2O2/c1-5-19(6-2)17(21)14-10-13(14)16(20)18-15-8-7-11(3)9-12(15)4/h7-9,13-14H,5-6,10H2,1-4H3,(H,18,20). The summed E-state index contributed by atoms with van der Waals surface area (Å²) in [5, 5.41) is 2.95. The van der Waals surface area contributed by atoms with Crippen LogP contribution in [0.5, 0.6) is 0 Å². The van der Waals surface area contributed by atoms with Crippen molar-refractivity contribution in [3.05, 3.63) is 29.3 Å². The van der Waals surface area contributed by atoms with Gasteiger partial charge in [0.1, 0.15) is 0 Å². The molecule has 1 N–H and O–H groups in total. The Morgan fingerprint density at radius 1 is 1.19 bits per heavy atom. The molecule has 2 amide bonds. The summed E-state index contributed by atoms with van der Waals surface area (Å²) in [5.41, 5.74) is 3.06. The van der Waals surface area contributed by atoms with Gasteiger partial charge in [-0.2, -0.15) is 0 Å². The molecule has 4 nitrogen and oxygen atoms in total. The van der Waals surface area contributed by atoms with Crippen molar-refractivity contribution in [3.63, 3.8) is 0 Å². The highest BCUT2D eigenvalue weighted by atomic mass is 16.2. The van der Waals surface area contributed by atoms with Gasteiger partial charge >= 0.3 is 0 Å². The Kier molecular flexibility index (Phi) is 4.66. The summed E-state index contributed by atoms with van der Waals surface area (Å²) in [4.78, 5) is 26.2. The summed E-state index contributed by atoms with van der Waals surface area (Å²) in [6.07, 6.45) is 0.673. The number of aryl methyl sites for hydroxylation is 2. The van der Waals surface area contributed by atoms with Crippen LogP contribution in [0.15, 0.2) is 18.2 Å². The Labute approximate surface area is 126 Å². The first-order valence-electron chi connectivity index (χ1n) is 7.64. The maximum atomic E-state index is 12.2. The van der Waals surface area contributed by atoms with Gasteiger partial charge in [-0.15, -0.1) is 0 Å². The molecule has 1 aliphatic rings. The van der Waals surface area contributed by atoms with Gasteiger partial charge in [-0.25, -0.2) is 0 Å². The first kappa shape index (κ1) is 15.5. The molecule has 114 valence electrons. The second-order valence-corrected chi connectivity index (χ2v) is 5.77. The molecule has 0 radical (unpaired) electrons. The van der Waals surface area contributed by atoms with Crippen molar-refractivity contribution in [1.82, 2.24) is 4.90 Å². The van der Waals surface area contributed by atoms with E-state index < -0.39 is 0 Å². The van der Waals surface area contributed by atoms with E-state index in [9.17, 15) is 9.59 Å². The predicted molar refractivity (Wildman–Crippen MR) is 84.1 cm³/mol. The van der Waals surface area contributed by atoms with Crippen LogP contribution < -0.4 is 5.32 Å². The third kappa shape index (κ3) is 3.43. The number of carbonyl (C=O) groups is 2. The Bertz CT molecular complexity index is 550. The van der Waals surface area contributed by atoms with Crippen LogP contribution in [0.4, 0.5) is 5.69 Å². The van der Waals surface area contributed by atoms with Crippen LogP contribution in [0.2, 0.25) is 0 Å². The summed E-state index contributed by atoms with van der Waals surface area (Å²) < 4.78 is 0. The molecule has 21 heavy (non-hydrogen) atoms. The Balaban J connectivity index is 1.96. The third-order valence-corrected chi connectivity index (χ3v) is 4.16. The predicted octanol–water partition coefficient (Wildman–Crippen LogP) is 2.75. The van der Waals surface area contributed by atoms with Crippen molar-refractivity contribution in [2.45, 2.75) is 34.1 Å². The van der Waals surface area contributed by atoms with Crippen LogP contribution in [-0.2, 0) is 9.59 Å². The molecule has 1 aliphatic carbocycles. The van der Waals surface area contributed by atoms with Crippen LogP contribution in [0.3, 0.4) is 0 Å². The second-order valence-electron chi connectivity index (χ2n) is 5.77. The number of amides is 2. The highest BCUT2D eigenvalue weighted by molar-refractivity contribution is 5.99. The summed E-state index contributed by atoms with van der Waals surface area (Å²) >= 11 is 0. The van der Waals surface area contributed by atoms with Gasteiger partial charge in [0.15, 0.2) is 0 Å². The zero-order chi connectivity index (χ0) is 15.6. The lowest BCUT2D eigenvalue weighted by molar-refractivity contribution is -0.133. The number of hydrogen-bond donors (Lipinski definition) is 1. The summed E-state index contributed by atoms with van der Waals surface area (Å²) in [6.45, 7) is 9.35. The minimum atomic E-state index is -0.168. The topological polar surface area (TPSA) is 49.4 Å². The van der Waals surface area contributed by atoms with E-state index in [1.54, 1.807) is 4.90 Å². The van der Waals surface area contributed by atoms with E-state index >= 15 is 0 Å². The van der Waals surface area contributed by atoms with Crippen molar-refractivity contribution >= 4 is 17.5 Å². The number of anilines is 1. The highest BCUT2D eigenvalue weighted by Crippen LogP contribution is 2.41. The first-order valence-corrected chi connectivity index (χ1v) is 7.64. The minimum absolute atomic E-state index is 0.0348. The molecule has 0 aliphatic heterocycles. The van der Waals surface area contributed by atoms with Crippen molar-refractivity contribution < 1.29 is 9.59 Å². The average molecular weight is 288 g/mol. The fraction of sp³-hybridized carbons (Fsp3) is 0.529. The molecular weight excluding hydrogens is 264 g/mol. The molecule has 1 saturated carbocycles. The number of carbonyl (C=O) groups excluding carboxylic acids is 2. The van der Waals surface area contributed by atoms with Crippen LogP contribution in [0, 0.1) is 25.7 Å². The lowest BCUT2D eigenvalue weighted by Gasteiger charge is -2.18. The van der Waals surface area contributed by atoms with E-state index in [2.05, 4.69) is 5.32 Å². The van der Waals surface area contributed by atoms with Crippen molar-refractivity contribution in [2.75, 3.05) is 18.4 Å². The molecule has 1 aromatic rings. The molecule has 2 rings (SSSR count). The zero-order valence-corrected chi connectivity index (χ0v) is 13.3. The largest absolute Gasteiger partial charge is 0.343 e. The number of benzene rings is 1. The van der Waals surface area contributed by atoms with E-state index in [1.807, 2.05) is 45.9 Å². The van der Waals surface area contributed by atoms with Gasteiger partial charge in [-0.1, -0.05) is 17.7 Å². The smallest absolute Gasteiger partial charge is 0.228 e. The number of hydrogen-bond acceptors (Lipinski definition) is 2. The SMILES string of the molecule is CCN(CC)C(=O)C1CC1C(=O)Nc1ccc(C)cc1C.